The zero-order valence-electron chi connectivity index (χ0n) is 4.42. The smallest absolute Gasteiger partial charge is 0.0582 e. The molecular weight excluding hydrogens is 114 g/mol. The summed E-state index contributed by atoms with van der Waals surface area (Å²) in [5.41, 5.74) is 5.22. The first-order valence-corrected chi connectivity index (χ1v) is 2.17. The van der Waals surface area contributed by atoms with Gasteiger partial charge in [0.05, 0.1) is 6.61 Å². The van der Waals surface area contributed by atoms with E-state index in [0.717, 1.165) is 6.42 Å². The molecule has 0 spiro atoms. The molecule has 0 amide bonds. The van der Waals surface area contributed by atoms with Crippen LogP contribution in [0.15, 0.2) is 0 Å². The molecule has 0 aromatic heterocycles. The summed E-state index contributed by atoms with van der Waals surface area (Å²) in [5, 5.41) is 8.21. The molecule has 0 aromatic carbocycles. The fourth-order valence-corrected chi connectivity index (χ4v) is 0.129. The van der Waals surface area contributed by atoms with Crippen LogP contribution in [0.5, 0.6) is 0 Å². The lowest BCUT2D eigenvalue weighted by molar-refractivity contribution is 0.263. The Bertz CT molecular complexity index is 30.9. The molecule has 0 fully saturated rings. The van der Waals surface area contributed by atoms with Crippen LogP contribution in [0.4, 0.5) is 0 Å². The molecule has 0 heterocycles. The minimum Gasteiger partial charge on any atom is -0.395 e. The highest BCUT2D eigenvalue weighted by Crippen LogP contribution is 1.79. The highest BCUT2D eigenvalue weighted by Gasteiger charge is 1.90. The molecule has 46 valence electrons. The maximum atomic E-state index is 8.21. The summed E-state index contributed by atoms with van der Waals surface area (Å²) >= 11 is 0. The number of aliphatic hydroxyl groups excluding tert-OH is 1. The van der Waals surface area contributed by atoms with Gasteiger partial charge in [0.15, 0.2) is 0 Å². The average molecular weight is 126 g/mol. The molecule has 0 saturated heterocycles. The van der Waals surface area contributed by atoms with Crippen LogP contribution < -0.4 is 5.73 Å². The number of hydrogen-bond donors (Lipinski definition) is 2. The maximum absolute atomic E-state index is 8.21. The molecule has 0 aliphatic carbocycles. The molecule has 1 unspecified atom stereocenters. The van der Waals surface area contributed by atoms with E-state index in [1.807, 2.05) is 6.92 Å². The number of halogens is 1. The Morgan fingerprint density at radius 1 is 1.71 bits per heavy atom. The third kappa shape index (κ3) is 6.21. The fourth-order valence-electron chi connectivity index (χ4n) is 0.129. The lowest BCUT2D eigenvalue weighted by Gasteiger charge is -1.98. The van der Waals surface area contributed by atoms with Crippen LogP contribution in [-0.2, 0) is 0 Å². The van der Waals surface area contributed by atoms with Gasteiger partial charge in [0.2, 0.25) is 0 Å². The van der Waals surface area contributed by atoms with Crippen molar-refractivity contribution in [1.29, 1.82) is 0 Å². The molecule has 0 bridgehead atoms. The molecule has 7 heavy (non-hydrogen) atoms. The van der Waals surface area contributed by atoms with Crippen molar-refractivity contribution in [2.75, 3.05) is 6.61 Å². The van der Waals surface area contributed by atoms with E-state index in [4.69, 9.17) is 10.8 Å². The zero-order chi connectivity index (χ0) is 4.99. The van der Waals surface area contributed by atoms with Gasteiger partial charge in [-0.15, -0.1) is 12.4 Å². The molecule has 0 aliphatic heterocycles. The molecule has 3 N–H and O–H groups in total. The lowest BCUT2D eigenvalue weighted by Crippen LogP contribution is -2.22. The predicted molar refractivity (Wildman–Crippen MR) is 32.6 cm³/mol. The van der Waals surface area contributed by atoms with Gasteiger partial charge in [0.1, 0.15) is 0 Å². The van der Waals surface area contributed by atoms with Gasteiger partial charge in [-0.2, -0.15) is 0 Å². The maximum Gasteiger partial charge on any atom is 0.0582 e. The lowest BCUT2D eigenvalue weighted by atomic mass is 10.3. The summed E-state index contributed by atoms with van der Waals surface area (Å²) in [4.78, 5) is 0. The molecule has 1 atom stereocenters. The van der Waals surface area contributed by atoms with E-state index >= 15 is 0 Å². The molecule has 2 nitrogen and oxygen atoms in total. The Balaban J connectivity index is 0. The van der Waals surface area contributed by atoms with Gasteiger partial charge >= 0.3 is 0 Å². The van der Waals surface area contributed by atoms with Crippen molar-refractivity contribution in [2.45, 2.75) is 19.4 Å². The molecule has 0 aromatic rings. The SMILES string of the molecule is CCC(N)CO.Cl. The van der Waals surface area contributed by atoms with E-state index in [2.05, 4.69) is 0 Å². The van der Waals surface area contributed by atoms with E-state index in [0.29, 0.717) is 0 Å². The summed E-state index contributed by atoms with van der Waals surface area (Å²) in [5.74, 6) is 0. The number of aliphatic hydroxyl groups is 1. The third-order valence-electron chi connectivity index (χ3n) is 0.759. The van der Waals surface area contributed by atoms with Crippen molar-refractivity contribution in [3.63, 3.8) is 0 Å². The van der Waals surface area contributed by atoms with Gasteiger partial charge in [-0.05, 0) is 6.42 Å². The Morgan fingerprint density at radius 3 is 2.14 bits per heavy atom. The van der Waals surface area contributed by atoms with Gasteiger partial charge in [0.25, 0.3) is 0 Å². The minimum atomic E-state index is -0.00926. The zero-order valence-corrected chi connectivity index (χ0v) is 5.24. The van der Waals surface area contributed by atoms with E-state index in [9.17, 15) is 0 Å². The van der Waals surface area contributed by atoms with Crippen molar-refractivity contribution < 1.29 is 5.11 Å². The highest BCUT2D eigenvalue weighted by atomic mass is 35.5. The Hall–Kier alpha value is 0.210. The molecule has 0 radical (unpaired) electrons. The van der Waals surface area contributed by atoms with Crippen LogP contribution in [0.2, 0.25) is 0 Å². The van der Waals surface area contributed by atoms with Gasteiger partial charge in [-0.3, -0.25) is 0 Å². The number of rotatable bonds is 2. The largest absolute Gasteiger partial charge is 0.395 e. The van der Waals surface area contributed by atoms with E-state index in [-0.39, 0.29) is 25.1 Å². The van der Waals surface area contributed by atoms with Gasteiger partial charge in [0, 0.05) is 6.04 Å². The molecule has 0 saturated carbocycles. The highest BCUT2D eigenvalue weighted by molar-refractivity contribution is 5.85. The standard InChI is InChI=1S/C4H11NO.ClH/c1-2-4(5)3-6;/h4,6H,2-3,5H2,1H3;1H. The topological polar surface area (TPSA) is 46.2 Å². The Kier molecular flexibility index (Phi) is 9.09. The minimum absolute atomic E-state index is 0. The van der Waals surface area contributed by atoms with Crippen molar-refractivity contribution in [1.82, 2.24) is 0 Å². The Morgan fingerprint density at radius 2 is 2.14 bits per heavy atom. The van der Waals surface area contributed by atoms with Crippen LogP contribution in [-0.4, -0.2) is 17.8 Å². The number of nitrogens with two attached hydrogens (primary N) is 1. The van der Waals surface area contributed by atoms with Crippen LogP contribution >= 0.6 is 12.4 Å². The average Bonchev–Trinajstić information content (AvgIpc) is 1.65. The first-order valence-electron chi connectivity index (χ1n) is 2.17. The monoisotopic (exact) mass is 125 g/mol. The van der Waals surface area contributed by atoms with Crippen LogP contribution in [0.25, 0.3) is 0 Å². The van der Waals surface area contributed by atoms with Gasteiger partial charge < -0.3 is 10.8 Å². The second kappa shape index (κ2) is 6.21. The molecule has 3 heteroatoms. The van der Waals surface area contributed by atoms with Gasteiger partial charge in [-0.25, -0.2) is 0 Å². The van der Waals surface area contributed by atoms with Crippen molar-refractivity contribution in [2.24, 2.45) is 5.73 Å². The van der Waals surface area contributed by atoms with E-state index in [1.165, 1.54) is 0 Å². The summed E-state index contributed by atoms with van der Waals surface area (Å²) in [7, 11) is 0. The Labute approximate surface area is 50.1 Å². The predicted octanol–water partition coefficient (Wildman–Crippen LogP) is 0.138. The quantitative estimate of drug-likeness (QED) is 0.552. The summed E-state index contributed by atoms with van der Waals surface area (Å²) in [6.07, 6.45) is 0.858. The first kappa shape index (κ1) is 10.2. The van der Waals surface area contributed by atoms with Crippen molar-refractivity contribution >= 4 is 12.4 Å². The summed E-state index contributed by atoms with van der Waals surface area (Å²) in [6, 6.07) is -0.00926. The van der Waals surface area contributed by atoms with Crippen molar-refractivity contribution in [3.05, 3.63) is 0 Å². The van der Waals surface area contributed by atoms with Crippen LogP contribution in [0.3, 0.4) is 0 Å². The number of hydrogen-bond acceptors (Lipinski definition) is 2. The molecule has 0 rings (SSSR count). The van der Waals surface area contributed by atoms with Crippen LogP contribution in [0.1, 0.15) is 13.3 Å². The van der Waals surface area contributed by atoms with E-state index < -0.39 is 0 Å². The summed E-state index contributed by atoms with van der Waals surface area (Å²) < 4.78 is 0. The normalized spacial score (nSPS) is 12.4. The second-order valence-corrected chi connectivity index (χ2v) is 1.35. The second-order valence-electron chi connectivity index (χ2n) is 1.35. The molecular formula is C4H12ClNO. The third-order valence-corrected chi connectivity index (χ3v) is 0.759. The van der Waals surface area contributed by atoms with Crippen molar-refractivity contribution in [3.8, 4) is 0 Å². The molecule has 0 aliphatic rings. The van der Waals surface area contributed by atoms with Crippen LogP contribution in [0, 0.1) is 0 Å². The van der Waals surface area contributed by atoms with Gasteiger partial charge in [-0.1, -0.05) is 6.92 Å². The van der Waals surface area contributed by atoms with E-state index in [1.54, 1.807) is 0 Å². The summed E-state index contributed by atoms with van der Waals surface area (Å²) in [6.45, 7) is 2.05. The fraction of sp³-hybridized carbons (Fsp3) is 1.00. The first-order chi connectivity index (χ1) is 2.81.